The van der Waals surface area contributed by atoms with Gasteiger partial charge >= 0.3 is 0 Å². The quantitative estimate of drug-likeness (QED) is 0.665. The summed E-state index contributed by atoms with van der Waals surface area (Å²) < 4.78 is 18.6. The van der Waals surface area contributed by atoms with Crippen LogP contribution in [0.25, 0.3) is 0 Å². The van der Waals surface area contributed by atoms with Crippen LogP contribution in [0.3, 0.4) is 0 Å². The molecule has 28 heavy (non-hydrogen) atoms. The number of aromatic nitrogens is 1. The Kier molecular flexibility index (Phi) is 6.10. The maximum Gasteiger partial charge on any atom is 0.140 e. The van der Waals surface area contributed by atoms with E-state index in [2.05, 4.69) is 16.3 Å². The molecule has 3 aromatic rings. The van der Waals surface area contributed by atoms with Gasteiger partial charge in [-0.3, -0.25) is 0 Å². The molecular formula is C21H22ClFN3OS+. The highest BCUT2D eigenvalue weighted by Gasteiger charge is 2.21. The third kappa shape index (κ3) is 5.01. The lowest BCUT2D eigenvalue weighted by Crippen LogP contribution is -3.13. The Morgan fingerprint density at radius 3 is 2.68 bits per heavy atom. The van der Waals surface area contributed by atoms with Crippen LogP contribution in [0.15, 0.2) is 53.9 Å². The molecule has 0 bridgehead atoms. The maximum absolute atomic E-state index is 12.9. The zero-order valence-corrected chi connectivity index (χ0v) is 17.0. The Morgan fingerprint density at radius 2 is 1.93 bits per heavy atom. The number of ether oxygens (including phenoxy) is 1. The molecule has 4 rings (SSSR count). The van der Waals surface area contributed by atoms with Gasteiger partial charge in [-0.15, -0.1) is 11.3 Å². The first-order chi connectivity index (χ1) is 13.7. The molecule has 0 spiro atoms. The van der Waals surface area contributed by atoms with Crippen LogP contribution in [0.5, 0.6) is 5.75 Å². The van der Waals surface area contributed by atoms with E-state index in [0.717, 1.165) is 48.4 Å². The van der Waals surface area contributed by atoms with Gasteiger partial charge in [0.15, 0.2) is 0 Å². The smallest absolute Gasteiger partial charge is 0.140 e. The van der Waals surface area contributed by atoms with Crippen molar-refractivity contribution in [2.45, 2.75) is 13.2 Å². The topological polar surface area (TPSA) is 29.8 Å². The van der Waals surface area contributed by atoms with Gasteiger partial charge in [-0.25, -0.2) is 9.37 Å². The van der Waals surface area contributed by atoms with Crippen LogP contribution in [0, 0.1) is 5.82 Å². The summed E-state index contributed by atoms with van der Waals surface area (Å²) in [6, 6.07) is 14.1. The molecule has 0 amide bonds. The molecule has 146 valence electrons. The fourth-order valence-electron chi connectivity index (χ4n) is 3.36. The monoisotopic (exact) mass is 418 g/mol. The molecule has 0 atom stereocenters. The number of benzene rings is 2. The Bertz CT molecular complexity index is 910. The van der Waals surface area contributed by atoms with E-state index in [0.29, 0.717) is 12.4 Å². The lowest BCUT2D eigenvalue weighted by atomic mass is 10.2. The first kappa shape index (κ1) is 19.2. The second kappa shape index (κ2) is 8.90. The van der Waals surface area contributed by atoms with Crippen molar-refractivity contribution < 1.29 is 14.0 Å². The fourth-order valence-corrected chi connectivity index (χ4v) is 4.25. The van der Waals surface area contributed by atoms with Crippen molar-refractivity contribution >= 4 is 28.6 Å². The number of halogens is 2. The van der Waals surface area contributed by atoms with Gasteiger partial charge in [0.05, 0.1) is 26.2 Å². The number of rotatable bonds is 6. The van der Waals surface area contributed by atoms with Crippen LogP contribution in [0.1, 0.15) is 10.7 Å². The van der Waals surface area contributed by atoms with Gasteiger partial charge in [0, 0.05) is 16.1 Å². The lowest BCUT2D eigenvalue weighted by molar-refractivity contribution is -0.914. The maximum atomic E-state index is 12.9. The molecule has 2 aromatic carbocycles. The van der Waals surface area contributed by atoms with E-state index in [4.69, 9.17) is 21.3 Å². The molecule has 1 N–H and O–H groups in total. The number of hydrogen-bond donors (Lipinski definition) is 1. The lowest BCUT2D eigenvalue weighted by Gasteiger charge is -2.33. The van der Waals surface area contributed by atoms with Gasteiger partial charge in [-0.2, -0.15) is 0 Å². The van der Waals surface area contributed by atoms with Crippen molar-refractivity contribution in [3.63, 3.8) is 0 Å². The zero-order valence-electron chi connectivity index (χ0n) is 15.4. The van der Waals surface area contributed by atoms with Crippen molar-refractivity contribution in [1.82, 2.24) is 4.98 Å². The average molecular weight is 419 g/mol. The van der Waals surface area contributed by atoms with Crippen LogP contribution >= 0.6 is 22.9 Å². The summed E-state index contributed by atoms with van der Waals surface area (Å²) in [5.41, 5.74) is 2.30. The van der Waals surface area contributed by atoms with E-state index < -0.39 is 0 Å². The van der Waals surface area contributed by atoms with E-state index in [1.807, 2.05) is 18.2 Å². The molecule has 1 saturated heterocycles. The number of hydrogen-bond acceptors (Lipinski definition) is 4. The van der Waals surface area contributed by atoms with Crippen LogP contribution in [-0.4, -0.2) is 31.2 Å². The number of quaternary nitrogens is 1. The minimum absolute atomic E-state index is 0.262. The molecule has 0 radical (unpaired) electrons. The Labute approximate surface area is 173 Å². The first-order valence-electron chi connectivity index (χ1n) is 9.31. The Hall–Kier alpha value is -2.15. The standard InChI is InChI=1S/C21H21ClFN3OS/c22-16-2-1-3-19(12-16)26-10-8-25(9-11-26)13-18-15-28-21(24-18)14-27-20-6-4-17(23)5-7-20/h1-7,12,15H,8-11,13-14H2/p+1. The molecule has 2 heterocycles. The SMILES string of the molecule is Fc1ccc(OCc2nc(C[NH+]3CCN(c4cccc(Cl)c4)CC3)cs2)cc1. The summed E-state index contributed by atoms with van der Waals surface area (Å²) in [6.07, 6.45) is 0. The highest BCUT2D eigenvalue weighted by molar-refractivity contribution is 7.09. The summed E-state index contributed by atoms with van der Waals surface area (Å²) in [5, 5.41) is 3.83. The van der Waals surface area contributed by atoms with E-state index in [1.165, 1.54) is 22.7 Å². The van der Waals surface area contributed by atoms with Crippen LogP contribution in [0.4, 0.5) is 10.1 Å². The Balaban J connectivity index is 1.26. The summed E-state index contributed by atoms with van der Waals surface area (Å²) in [4.78, 5) is 8.62. The largest absolute Gasteiger partial charge is 0.486 e. The zero-order chi connectivity index (χ0) is 19.3. The minimum Gasteiger partial charge on any atom is -0.486 e. The summed E-state index contributed by atoms with van der Waals surface area (Å²) >= 11 is 7.72. The summed E-state index contributed by atoms with van der Waals surface area (Å²) in [5.74, 6) is 0.392. The molecule has 1 fully saturated rings. The van der Waals surface area contributed by atoms with Crippen molar-refractivity contribution in [1.29, 1.82) is 0 Å². The molecule has 0 aliphatic carbocycles. The highest BCUT2D eigenvalue weighted by Crippen LogP contribution is 2.19. The predicted molar refractivity (Wildman–Crippen MR) is 111 cm³/mol. The fraction of sp³-hybridized carbons (Fsp3) is 0.286. The highest BCUT2D eigenvalue weighted by atomic mass is 35.5. The van der Waals surface area contributed by atoms with Gasteiger partial charge in [0.25, 0.3) is 0 Å². The van der Waals surface area contributed by atoms with Crippen LogP contribution in [-0.2, 0) is 13.2 Å². The molecule has 1 aromatic heterocycles. The normalized spacial score (nSPS) is 15.0. The van der Waals surface area contributed by atoms with E-state index in [-0.39, 0.29) is 5.82 Å². The van der Waals surface area contributed by atoms with Crippen LogP contribution < -0.4 is 14.5 Å². The molecule has 0 saturated carbocycles. The third-order valence-electron chi connectivity index (χ3n) is 4.85. The molecular weight excluding hydrogens is 397 g/mol. The van der Waals surface area contributed by atoms with Gasteiger partial charge in [0.1, 0.15) is 35.4 Å². The molecule has 7 heteroatoms. The van der Waals surface area contributed by atoms with Crippen molar-refractivity contribution in [3.8, 4) is 5.75 Å². The van der Waals surface area contributed by atoms with Gasteiger partial charge in [-0.1, -0.05) is 17.7 Å². The van der Waals surface area contributed by atoms with Crippen molar-refractivity contribution in [3.05, 3.63) is 75.5 Å². The van der Waals surface area contributed by atoms with Crippen molar-refractivity contribution in [2.75, 3.05) is 31.1 Å². The molecule has 0 unspecified atom stereocenters. The summed E-state index contributed by atoms with van der Waals surface area (Å²) in [7, 11) is 0. The number of nitrogens with zero attached hydrogens (tertiary/aromatic N) is 2. The number of piperazine rings is 1. The van der Waals surface area contributed by atoms with Gasteiger partial charge in [0.2, 0.25) is 0 Å². The van der Waals surface area contributed by atoms with E-state index >= 15 is 0 Å². The minimum atomic E-state index is -0.262. The summed E-state index contributed by atoms with van der Waals surface area (Å²) in [6.45, 7) is 5.52. The number of nitrogens with one attached hydrogen (secondary N) is 1. The second-order valence-corrected chi connectivity index (χ2v) is 8.25. The molecule has 1 aliphatic heterocycles. The Morgan fingerprint density at radius 1 is 1.14 bits per heavy atom. The molecule has 1 aliphatic rings. The predicted octanol–water partition coefficient (Wildman–Crippen LogP) is 3.42. The average Bonchev–Trinajstić information content (AvgIpc) is 3.15. The van der Waals surface area contributed by atoms with Crippen molar-refractivity contribution in [2.24, 2.45) is 0 Å². The van der Waals surface area contributed by atoms with Gasteiger partial charge < -0.3 is 14.5 Å². The number of anilines is 1. The molecule has 4 nitrogen and oxygen atoms in total. The van der Waals surface area contributed by atoms with E-state index in [9.17, 15) is 4.39 Å². The second-order valence-electron chi connectivity index (χ2n) is 6.87. The third-order valence-corrected chi connectivity index (χ3v) is 5.96. The van der Waals surface area contributed by atoms with Crippen LogP contribution in [0.2, 0.25) is 5.02 Å². The number of thiazole rings is 1. The van der Waals surface area contributed by atoms with E-state index in [1.54, 1.807) is 23.5 Å². The first-order valence-corrected chi connectivity index (χ1v) is 10.6. The van der Waals surface area contributed by atoms with Gasteiger partial charge in [-0.05, 0) is 42.5 Å².